The largest absolute Gasteiger partial charge is 0.354 e. The Morgan fingerprint density at radius 2 is 1.79 bits per heavy atom. The predicted octanol–water partition coefficient (Wildman–Crippen LogP) is 0.665. The Hall–Kier alpha value is -1.79. The van der Waals surface area contributed by atoms with Gasteiger partial charge in [-0.1, -0.05) is 13.8 Å². The first-order valence-corrected chi connectivity index (χ1v) is 8.65. The van der Waals surface area contributed by atoms with Crippen molar-refractivity contribution in [2.75, 3.05) is 33.2 Å². The van der Waals surface area contributed by atoms with E-state index in [0.717, 1.165) is 6.54 Å². The van der Waals surface area contributed by atoms with Crippen molar-refractivity contribution in [3.05, 3.63) is 0 Å². The highest BCUT2D eigenvalue weighted by Crippen LogP contribution is 2.24. The molecule has 1 aliphatic rings. The summed E-state index contributed by atoms with van der Waals surface area (Å²) in [5.74, 6) is 0.816. The predicted molar refractivity (Wildman–Crippen MR) is 96.8 cm³/mol. The lowest BCUT2D eigenvalue weighted by Crippen LogP contribution is -2.66. The Morgan fingerprint density at radius 1 is 1.21 bits per heavy atom. The summed E-state index contributed by atoms with van der Waals surface area (Å²) in [7, 11) is 1.71. The van der Waals surface area contributed by atoms with Crippen molar-refractivity contribution >= 4 is 17.8 Å². The van der Waals surface area contributed by atoms with Gasteiger partial charge in [0, 0.05) is 38.6 Å². The number of carbonyl (C=O) groups excluding carboxylic acids is 2. The molecule has 138 valence electrons. The molecular weight excluding hydrogens is 306 g/mol. The Balaban J connectivity index is 2.61. The maximum atomic E-state index is 12.5. The molecule has 0 spiro atoms. The van der Waals surface area contributed by atoms with Crippen molar-refractivity contribution in [2.24, 2.45) is 10.9 Å². The van der Waals surface area contributed by atoms with Crippen LogP contribution >= 0.6 is 0 Å². The molecule has 1 fully saturated rings. The van der Waals surface area contributed by atoms with Crippen LogP contribution in [0.1, 0.15) is 41.5 Å². The fourth-order valence-corrected chi connectivity index (χ4v) is 3.21. The van der Waals surface area contributed by atoms with Crippen molar-refractivity contribution in [2.45, 2.75) is 53.1 Å². The average molecular weight is 339 g/mol. The van der Waals surface area contributed by atoms with Gasteiger partial charge >= 0.3 is 0 Å². The molecule has 0 aromatic rings. The first-order chi connectivity index (χ1) is 11.1. The van der Waals surface area contributed by atoms with E-state index in [2.05, 4.69) is 29.5 Å². The molecule has 7 heteroatoms. The zero-order valence-corrected chi connectivity index (χ0v) is 16.1. The fraction of sp³-hybridized carbons (Fsp3) is 0.824. The van der Waals surface area contributed by atoms with E-state index >= 15 is 0 Å². The van der Waals surface area contributed by atoms with E-state index in [4.69, 9.17) is 0 Å². The van der Waals surface area contributed by atoms with Gasteiger partial charge in [-0.05, 0) is 27.7 Å². The number of carbonyl (C=O) groups is 2. The Morgan fingerprint density at radius 3 is 2.25 bits per heavy atom. The molecule has 1 aliphatic heterocycles. The monoisotopic (exact) mass is 339 g/mol. The molecule has 0 aromatic heterocycles. The molecule has 2 N–H and O–H groups in total. The van der Waals surface area contributed by atoms with Gasteiger partial charge in [0.15, 0.2) is 5.96 Å². The molecule has 0 atom stereocenters. The van der Waals surface area contributed by atoms with Gasteiger partial charge in [0.1, 0.15) is 0 Å². The molecule has 0 unspecified atom stereocenters. The van der Waals surface area contributed by atoms with E-state index in [1.807, 2.05) is 37.5 Å². The Labute approximate surface area is 145 Å². The van der Waals surface area contributed by atoms with Crippen molar-refractivity contribution in [1.82, 2.24) is 20.4 Å². The van der Waals surface area contributed by atoms with Gasteiger partial charge in [0.2, 0.25) is 11.8 Å². The van der Waals surface area contributed by atoms with Crippen molar-refractivity contribution in [3.63, 3.8) is 0 Å². The highest BCUT2D eigenvalue weighted by atomic mass is 16.2. The Bertz CT molecular complexity index is 485. The number of hydrogen-bond donors (Lipinski definition) is 2. The normalized spacial score (nSPS) is 18.4. The molecule has 0 aliphatic carbocycles. The summed E-state index contributed by atoms with van der Waals surface area (Å²) in [6, 6.07) is 0.177. The molecular formula is C17H33N5O2. The maximum absolute atomic E-state index is 12.5. The van der Waals surface area contributed by atoms with Gasteiger partial charge in [-0.25, -0.2) is 0 Å². The summed E-state index contributed by atoms with van der Waals surface area (Å²) in [4.78, 5) is 32.3. The van der Waals surface area contributed by atoms with Gasteiger partial charge in [-0.2, -0.15) is 0 Å². The summed E-state index contributed by atoms with van der Waals surface area (Å²) < 4.78 is 0. The van der Waals surface area contributed by atoms with Gasteiger partial charge in [-0.3, -0.25) is 14.6 Å². The van der Waals surface area contributed by atoms with Crippen LogP contribution in [0.3, 0.4) is 0 Å². The van der Waals surface area contributed by atoms with Crippen LogP contribution in [0.4, 0.5) is 0 Å². The summed E-state index contributed by atoms with van der Waals surface area (Å²) in [6.45, 7) is 14.1. The zero-order valence-electron chi connectivity index (χ0n) is 16.1. The minimum atomic E-state index is -0.257. The van der Waals surface area contributed by atoms with Gasteiger partial charge in [0.25, 0.3) is 0 Å². The minimum absolute atomic E-state index is 0.0214. The lowest BCUT2D eigenvalue weighted by atomic mass is 9.96. The van der Waals surface area contributed by atoms with Crippen LogP contribution in [-0.2, 0) is 9.59 Å². The number of hydrogen-bond acceptors (Lipinski definition) is 3. The van der Waals surface area contributed by atoms with Crippen LogP contribution in [0.2, 0.25) is 0 Å². The molecule has 7 nitrogen and oxygen atoms in total. The number of rotatable bonds is 5. The van der Waals surface area contributed by atoms with E-state index in [1.165, 1.54) is 0 Å². The molecule has 0 aromatic carbocycles. The van der Waals surface area contributed by atoms with E-state index in [9.17, 15) is 9.59 Å². The number of guanidine groups is 1. The van der Waals surface area contributed by atoms with Crippen LogP contribution in [0.25, 0.3) is 0 Å². The van der Waals surface area contributed by atoms with E-state index in [0.29, 0.717) is 25.6 Å². The van der Waals surface area contributed by atoms with Crippen LogP contribution < -0.4 is 10.6 Å². The second-order valence-electron chi connectivity index (χ2n) is 7.45. The highest BCUT2D eigenvalue weighted by molar-refractivity contribution is 5.88. The zero-order chi connectivity index (χ0) is 18.5. The van der Waals surface area contributed by atoms with Crippen LogP contribution in [0.5, 0.6) is 0 Å². The van der Waals surface area contributed by atoms with Crippen molar-refractivity contribution < 1.29 is 9.59 Å². The van der Waals surface area contributed by atoms with Crippen molar-refractivity contribution in [3.8, 4) is 0 Å². The summed E-state index contributed by atoms with van der Waals surface area (Å²) in [5.41, 5.74) is -0.257. The lowest BCUT2D eigenvalue weighted by molar-refractivity contribution is -0.145. The van der Waals surface area contributed by atoms with E-state index in [-0.39, 0.29) is 29.3 Å². The standard InChI is InChI=1S/C17H33N5O2/c1-12(2)15(24)19-8-9-20-16(18-7)21-10-14(23)22(13(3)4)17(5,6)11-21/h12-13H,8-11H2,1-7H3,(H,18,20)(H,19,24). The second kappa shape index (κ2) is 8.35. The summed E-state index contributed by atoms with van der Waals surface area (Å²) in [5, 5.41) is 6.09. The van der Waals surface area contributed by atoms with Gasteiger partial charge in [-0.15, -0.1) is 0 Å². The average Bonchev–Trinajstić information content (AvgIpc) is 2.44. The van der Waals surface area contributed by atoms with Crippen LogP contribution in [0, 0.1) is 5.92 Å². The van der Waals surface area contributed by atoms with Gasteiger partial charge in [0.05, 0.1) is 12.1 Å². The fourth-order valence-electron chi connectivity index (χ4n) is 3.21. The topological polar surface area (TPSA) is 77.0 Å². The summed E-state index contributed by atoms with van der Waals surface area (Å²) >= 11 is 0. The number of nitrogens with zero attached hydrogens (tertiary/aromatic N) is 3. The second-order valence-corrected chi connectivity index (χ2v) is 7.45. The molecule has 1 saturated heterocycles. The SMILES string of the molecule is CN=C(NCCNC(=O)C(C)C)N1CC(=O)N(C(C)C)C(C)(C)C1. The first kappa shape index (κ1) is 20.3. The van der Waals surface area contributed by atoms with Gasteiger partial charge < -0.3 is 20.4 Å². The molecule has 24 heavy (non-hydrogen) atoms. The number of nitrogens with one attached hydrogen (secondary N) is 2. The molecule has 0 bridgehead atoms. The summed E-state index contributed by atoms with van der Waals surface area (Å²) in [6.07, 6.45) is 0. The number of amides is 2. The third kappa shape index (κ3) is 5.11. The molecule has 0 saturated carbocycles. The third-order valence-corrected chi connectivity index (χ3v) is 4.08. The molecule has 2 amide bonds. The minimum Gasteiger partial charge on any atom is -0.354 e. The highest BCUT2D eigenvalue weighted by Gasteiger charge is 2.40. The van der Waals surface area contributed by atoms with E-state index in [1.54, 1.807) is 7.05 Å². The smallest absolute Gasteiger partial charge is 0.242 e. The molecule has 1 rings (SSSR count). The van der Waals surface area contributed by atoms with Crippen LogP contribution in [-0.4, -0.2) is 72.4 Å². The Kier molecular flexibility index (Phi) is 7.05. The van der Waals surface area contributed by atoms with E-state index < -0.39 is 0 Å². The van der Waals surface area contributed by atoms with Crippen LogP contribution in [0.15, 0.2) is 4.99 Å². The number of aliphatic imine (C=N–C) groups is 1. The lowest BCUT2D eigenvalue weighted by Gasteiger charge is -2.49. The van der Waals surface area contributed by atoms with Crippen molar-refractivity contribution in [1.29, 1.82) is 0 Å². The molecule has 0 radical (unpaired) electrons. The maximum Gasteiger partial charge on any atom is 0.242 e. The first-order valence-electron chi connectivity index (χ1n) is 8.65. The number of piperazine rings is 1. The quantitative estimate of drug-likeness (QED) is 0.438. The third-order valence-electron chi connectivity index (χ3n) is 4.08. The molecule has 1 heterocycles.